The Bertz CT molecular complexity index is 1240. The van der Waals surface area contributed by atoms with Crippen molar-refractivity contribution in [3.8, 4) is 0 Å². The van der Waals surface area contributed by atoms with Crippen LogP contribution in [0.4, 0.5) is 23.4 Å². The first kappa shape index (κ1) is 25.7. The Kier molecular flexibility index (Phi) is 6.62. The molecule has 1 unspecified atom stereocenters. The molecule has 0 bridgehead atoms. The number of hydrogen-bond donors (Lipinski definition) is 2. The molecule has 1 aliphatic heterocycles. The average Bonchev–Trinajstić information content (AvgIpc) is 3.27. The summed E-state index contributed by atoms with van der Waals surface area (Å²) in [7, 11) is 0. The van der Waals surface area contributed by atoms with Crippen LogP contribution >= 0.6 is 0 Å². The SMILES string of the molecule is CCC(CC)(NC(=O)c1cnn2c1NC(c1ccccc1F)CC2(C)C)c1ccc(C(F)(F)F)cc1. The fourth-order valence-electron chi connectivity index (χ4n) is 5.03. The van der Waals surface area contributed by atoms with Crippen LogP contribution in [0, 0.1) is 5.82 Å². The van der Waals surface area contributed by atoms with Gasteiger partial charge in [0.05, 0.1) is 28.9 Å². The molecule has 1 atom stereocenters. The van der Waals surface area contributed by atoms with Crippen molar-refractivity contribution < 1.29 is 22.4 Å². The summed E-state index contributed by atoms with van der Waals surface area (Å²) in [4.78, 5) is 13.6. The standard InChI is InChI=1S/C27H30F4N4O/c1-5-26(6-2,17-11-13-18(14-12-17)27(29,30)31)34-24(36)20-16-32-35-23(20)33-22(15-25(35,3)4)19-9-7-8-10-21(19)28/h7-14,16,22,33H,5-6,15H2,1-4H3,(H,34,36). The minimum atomic E-state index is -4.44. The first-order chi connectivity index (χ1) is 16.9. The molecule has 2 heterocycles. The maximum absolute atomic E-state index is 14.6. The van der Waals surface area contributed by atoms with Gasteiger partial charge in [0.1, 0.15) is 17.2 Å². The van der Waals surface area contributed by atoms with Crippen LogP contribution in [0.2, 0.25) is 0 Å². The number of alkyl halides is 3. The number of benzene rings is 2. The molecule has 9 heteroatoms. The second-order valence-corrected chi connectivity index (χ2v) is 9.87. The van der Waals surface area contributed by atoms with Crippen molar-refractivity contribution in [3.63, 3.8) is 0 Å². The molecule has 0 aliphatic carbocycles. The number of carbonyl (C=O) groups excluding carboxylic acids is 1. The Labute approximate surface area is 207 Å². The molecule has 4 rings (SSSR count). The Hall–Kier alpha value is -3.36. The molecule has 0 saturated heterocycles. The molecule has 3 aromatic rings. The highest BCUT2D eigenvalue weighted by atomic mass is 19.4. The predicted molar refractivity (Wildman–Crippen MR) is 130 cm³/mol. The minimum Gasteiger partial charge on any atom is -0.363 e. The maximum atomic E-state index is 14.6. The first-order valence-corrected chi connectivity index (χ1v) is 12.0. The number of rotatable bonds is 6. The van der Waals surface area contributed by atoms with Gasteiger partial charge in [-0.25, -0.2) is 9.07 Å². The van der Waals surface area contributed by atoms with Crippen LogP contribution in [0.15, 0.2) is 54.7 Å². The molecule has 0 saturated carbocycles. The monoisotopic (exact) mass is 502 g/mol. The Morgan fingerprint density at radius 3 is 2.28 bits per heavy atom. The first-order valence-electron chi connectivity index (χ1n) is 12.0. The number of anilines is 1. The van der Waals surface area contributed by atoms with Gasteiger partial charge >= 0.3 is 6.18 Å². The number of aromatic nitrogens is 2. The van der Waals surface area contributed by atoms with E-state index in [1.165, 1.54) is 24.4 Å². The molecule has 0 fully saturated rings. The third kappa shape index (κ3) is 4.58. The van der Waals surface area contributed by atoms with Crippen molar-refractivity contribution in [2.24, 2.45) is 0 Å². The van der Waals surface area contributed by atoms with Gasteiger partial charge in [-0.1, -0.05) is 44.2 Å². The van der Waals surface area contributed by atoms with Crippen molar-refractivity contribution in [1.82, 2.24) is 15.1 Å². The molecule has 0 radical (unpaired) electrons. The van der Waals surface area contributed by atoms with E-state index < -0.39 is 28.7 Å². The molecule has 1 amide bonds. The van der Waals surface area contributed by atoms with E-state index in [0.29, 0.717) is 41.8 Å². The molecule has 36 heavy (non-hydrogen) atoms. The van der Waals surface area contributed by atoms with Gasteiger partial charge < -0.3 is 10.6 Å². The van der Waals surface area contributed by atoms with Crippen LogP contribution < -0.4 is 10.6 Å². The van der Waals surface area contributed by atoms with Crippen LogP contribution in [0.3, 0.4) is 0 Å². The van der Waals surface area contributed by atoms with Gasteiger partial charge in [-0.05, 0) is 56.9 Å². The number of nitrogens with zero attached hydrogens (tertiary/aromatic N) is 2. The molecule has 5 nitrogen and oxygen atoms in total. The van der Waals surface area contributed by atoms with Gasteiger partial charge in [-0.3, -0.25) is 4.79 Å². The summed E-state index contributed by atoms with van der Waals surface area (Å²) in [5.74, 6) is -0.258. The zero-order valence-electron chi connectivity index (χ0n) is 20.7. The second-order valence-electron chi connectivity index (χ2n) is 9.87. The molecule has 2 N–H and O–H groups in total. The van der Waals surface area contributed by atoms with Crippen LogP contribution in [0.5, 0.6) is 0 Å². The van der Waals surface area contributed by atoms with Crippen molar-refractivity contribution >= 4 is 11.7 Å². The highest BCUT2D eigenvalue weighted by molar-refractivity contribution is 5.99. The van der Waals surface area contributed by atoms with Gasteiger partial charge in [0.2, 0.25) is 0 Å². The zero-order chi connectivity index (χ0) is 26.3. The van der Waals surface area contributed by atoms with Gasteiger partial charge in [-0.15, -0.1) is 0 Å². The molecular formula is C27H30F4N4O. The van der Waals surface area contributed by atoms with E-state index in [1.54, 1.807) is 22.9 Å². The van der Waals surface area contributed by atoms with Crippen LogP contribution in [0.1, 0.15) is 80.0 Å². The normalized spacial score (nSPS) is 17.3. The Balaban J connectivity index is 1.67. The van der Waals surface area contributed by atoms with Crippen molar-refractivity contribution in [1.29, 1.82) is 0 Å². The quantitative estimate of drug-likeness (QED) is 0.366. The summed E-state index contributed by atoms with van der Waals surface area (Å²) < 4.78 is 55.5. The lowest BCUT2D eigenvalue weighted by molar-refractivity contribution is -0.137. The maximum Gasteiger partial charge on any atom is 0.416 e. The van der Waals surface area contributed by atoms with Crippen LogP contribution in [-0.4, -0.2) is 15.7 Å². The van der Waals surface area contributed by atoms with Gasteiger partial charge in [0.25, 0.3) is 5.91 Å². The lowest BCUT2D eigenvalue weighted by Gasteiger charge is -2.39. The van der Waals surface area contributed by atoms with Crippen LogP contribution in [0.25, 0.3) is 0 Å². The van der Waals surface area contributed by atoms with E-state index in [9.17, 15) is 22.4 Å². The third-order valence-electron chi connectivity index (χ3n) is 7.21. The Morgan fingerprint density at radius 1 is 1.08 bits per heavy atom. The summed E-state index contributed by atoms with van der Waals surface area (Å²) in [6, 6.07) is 11.1. The molecule has 0 spiro atoms. The summed E-state index contributed by atoms with van der Waals surface area (Å²) in [5, 5.41) is 10.8. The predicted octanol–water partition coefficient (Wildman–Crippen LogP) is 6.78. The van der Waals surface area contributed by atoms with E-state index in [1.807, 2.05) is 27.7 Å². The van der Waals surface area contributed by atoms with Crippen molar-refractivity contribution in [2.45, 2.75) is 70.3 Å². The summed E-state index contributed by atoms with van der Waals surface area (Å²) >= 11 is 0. The van der Waals surface area contributed by atoms with E-state index >= 15 is 0 Å². The lowest BCUT2D eigenvalue weighted by Crippen LogP contribution is -2.45. The smallest absolute Gasteiger partial charge is 0.363 e. The number of nitrogens with one attached hydrogen (secondary N) is 2. The fourth-order valence-corrected chi connectivity index (χ4v) is 5.03. The van der Waals surface area contributed by atoms with E-state index in [4.69, 9.17) is 0 Å². The molecule has 1 aromatic heterocycles. The van der Waals surface area contributed by atoms with Gasteiger partial charge in [-0.2, -0.15) is 18.3 Å². The molecule has 192 valence electrons. The van der Waals surface area contributed by atoms with Crippen molar-refractivity contribution in [3.05, 3.63) is 82.8 Å². The number of hydrogen-bond acceptors (Lipinski definition) is 3. The highest BCUT2D eigenvalue weighted by Crippen LogP contribution is 2.41. The van der Waals surface area contributed by atoms with E-state index in [2.05, 4.69) is 15.7 Å². The zero-order valence-corrected chi connectivity index (χ0v) is 20.7. The Morgan fingerprint density at radius 2 is 1.69 bits per heavy atom. The summed E-state index contributed by atoms with van der Waals surface area (Å²) in [6.45, 7) is 7.71. The number of halogens is 4. The second kappa shape index (κ2) is 9.26. The van der Waals surface area contributed by atoms with Crippen molar-refractivity contribution in [2.75, 3.05) is 5.32 Å². The van der Waals surface area contributed by atoms with Gasteiger partial charge in [0, 0.05) is 5.56 Å². The van der Waals surface area contributed by atoms with E-state index in [0.717, 1.165) is 12.1 Å². The van der Waals surface area contributed by atoms with Gasteiger partial charge in [0.15, 0.2) is 0 Å². The number of fused-ring (bicyclic) bond motifs is 1. The summed E-state index contributed by atoms with van der Waals surface area (Å²) in [5.41, 5.74) is -0.715. The highest BCUT2D eigenvalue weighted by Gasteiger charge is 2.39. The molecule has 2 aromatic carbocycles. The fraction of sp³-hybridized carbons (Fsp3) is 0.407. The topological polar surface area (TPSA) is 59.0 Å². The number of amides is 1. The van der Waals surface area contributed by atoms with E-state index in [-0.39, 0.29) is 11.9 Å². The largest absolute Gasteiger partial charge is 0.416 e. The number of carbonyl (C=O) groups is 1. The lowest BCUT2D eigenvalue weighted by atomic mass is 9.84. The minimum absolute atomic E-state index is 0.294. The third-order valence-corrected chi connectivity index (χ3v) is 7.21. The molecular weight excluding hydrogens is 472 g/mol. The average molecular weight is 503 g/mol. The van der Waals surface area contributed by atoms with Crippen LogP contribution in [-0.2, 0) is 17.3 Å². The summed E-state index contributed by atoms with van der Waals surface area (Å²) in [6.07, 6.45) is -1.45. The molecule has 1 aliphatic rings.